The number of anilines is 1. The Hall–Kier alpha value is -1.85. The van der Waals surface area contributed by atoms with Crippen molar-refractivity contribution in [3.05, 3.63) is 30.5 Å². The lowest BCUT2D eigenvalue weighted by atomic mass is 10.0. The number of pyridine rings is 1. The molecule has 1 unspecified atom stereocenters. The molecule has 0 amide bonds. The fraction of sp³-hybridized carbons (Fsp3) is 0.400. The zero-order valence-corrected chi connectivity index (χ0v) is 11.4. The standard InChI is InChI=1S/C15H18N2O3/c1-19-12-2-3-13-11(8-12)4-6-16-14(13)17-9-15(18)5-7-20-10-15/h2-4,6,8,18H,5,7,9-10H2,1H3,(H,16,17). The fourth-order valence-corrected chi connectivity index (χ4v) is 2.41. The molecule has 1 atom stereocenters. The van der Waals surface area contributed by atoms with Gasteiger partial charge >= 0.3 is 0 Å². The molecule has 1 aliphatic heterocycles. The molecule has 5 heteroatoms. The van der Waals surface area contributed by atoms with Crippen LogP contribution >= 0.6 is 0 Å². The van der Waals surface area contributed by atoms with Crippen LogP contribution in [0.4, 0.5) is 5.82 Å². The van der Waals surface area contributed by atoms with Gasteiger partial charge in [-0.25, -0.2) is 4.98 Å². The second-order valence-corrected chi connectivity index (χ2v) is 5.13. The number of methoxy groups -OCH3 is 1. The van der Waals surface area contributed by atoms with E-state index in [-0.39, 0.29) is 0 Å². The van der Waals surface area contributed by atoms with Crippen LogP contribution in [0, 0.1) is 0 Å². The molecule has 1 aliphatic rings. The summed E-state index contributed by atoms with van der Waals surface area (Å²) < 4.78 is 10.5. The molecule has 2 heterocycles. The van der Waals surface area contributed by atoms with Gasteiger partial charge in [-0.3, -0.25) is 0 Å². The lowest BCUT2D eigenvalue weighted by Gasteiger charge is -2.21. The predicted molar refractivity (Wildman–Crippen MR) is 77.2 cm³/mol. The van der Waals surface area contributed by atoms with Crippen molar-refractivity contribution in [2.45, 2.75) is 12.0 Å². The van der Waals surface area contributed by atoms with E-state index >= 15 is 0 Å². The van der Waals surface area contributed by atoms with Crippen LogP contribution in [-0.2, 0) is 4.74 Å². The second kappa shape index (κ2) is 5.26. The molecule has 0 aliphatic carbocycles. The minimum Gasteiger partial charge on any atom is -0.497 e. The molecule has 0 bridgehead atoms. The molecule has 1 fully saturated rings. The molecule has 0 spiro atoms. The molecule has 106 valence electrons. The van der Waals surface area contributed by atoms with Crippen LogP contribution in [0.1, 0.15) is 6.42 Å². The van der Waals surface area contributed by atoms with Gasteiger partial charge in [0.05, 0.1) is 13.7 Å². The number of benzene rings is 1. The van der Waals surface area contributed by atoms with Gasteiger partial charge in [-0.1, -0.05) is 0 Å². The highest BCUT2D eigenvalue weighted by Gasteiger charge is 2.32. The van der Waals surface area contributed by atoms with Crippen LogP contribution in [0.2, 0.25) is 0 Å². The van der Waals surface area contributed by atoms with Crippen molar-refractivity contribution in [3.8, 4) is 5.75 Å². The first-order valence-electron chi connectivity index (χ1n) is 6.67. The first kappa shape index (κ1) is 13.1. The molecule has 2 aromatic rings. The minimum atomic E-state index is -0.795. The molecule has 0 saturated carbocycles. The highest BCUT2D eigenvalue weighted by Crippen LogP contribution is 2.26. The summed E-state index contributed by atoms with van der Waals surface area (Å²) in [5, 5.41) is 15.6. The van der Waals surface area contributed by atoms with Crippen molar-refractivity contribution in [1.29, 1.82) is 0 Å². The molecule has 1 saturated heterocycles. The van der Waals surface area contributed by atoms with Crippen molar-refractivity contribution in [3.63, 3.8) is 0 Å². The molecule has 20 heavy (non-hydrogen) atoms. The van der Waals surface area contributed by atoms with E-state index in [0.29, 0.717) is 26.2 Å². The average Bonchev–Trinajstić information content (AvgIpc) is 2.91. The monoisotopic (exact) mass is 274 g/mol. The first-order valence-corrected chi connectivity index (χ1v) is 6.67. The molecule has 0 radical (unpaired) electrons. The predicted octanol–water partition coefficient (Wildman–Crippen LogP) is 1.81. The lowest BCUT2D eigenvalue weighted by Crippen LogP contribution is -2.37. The molecule has 5 nitrogen and oxygen atoms in total. The number of hydrogen-bond acceptors (Lipinski definition) is 5. The topological polar surface area (TPSA) is 63.6 Å². The Balaban J connectivity index is 1.84. The van der Waals surface area contributed by atoms with E-state index in [4.69, 9.17) is 9.47 Å². The van der Waals surface area contributed by atoms with E-state index in [0.717, 1.165) is 22.3 Å². The Bertz CT molecular complexity index is 609. The highest BCUT2D eigenvalue weighted by atomic mass is 16.5. The summed E-state index contributed by atoms with van der Waals surface area (Å²) in [5.41, 5.74) is -0.795. The van der Waals surface area contributed by atoms with E-state index in [2.05, 4.69) is 10.3 Å². The SMILES string of the molecule is COc1ccc2c(NCC3(O)CCOC3)nccc2c1. The van der Waals surface area contributed by atoms with E-state index in [9.17, 15) is 5.11 Å². The Labute approximate surface area is 117 Å². The van der Waals surface area contributed by atoms with Crippen molar-refractivity contribution in [1.82, 2.24) is 4.98 Å². The lowest BCUT2D eigenvalue weighted by molar-refractivity contribution is 0.0381. The number of ether oxygens (including phenoxy) is 2. The van der Waals surface area contributed by atoms with Gasteiger partial charge < -0.3 is 19.9 Å². The average molecular weight is 274 g/mol. The number of rotatable bonds is 4. The highest BCUT2D eigenvalue weighted by molar-refractivity contribution is 5.92. The van der Waals surface area contributed by atoms with Gasteiger partial charge in [-0.2, -0.15) is 0 Å². The Morgan fingerprint density at radius 3 is 3.10 bits per heavy atom. The summed E-state index contributed by atoms with van der Waals surface area (Å²) in [5.74, 6) is 1.59. The van der Waals surface area contributed by atoms with E-state index in [1.165, 1.54) is 0 Å². The van der Waals surface area contributed by atoms with Crippen LogP contribution in [-0.4, -0.2) is 42.6 Å². The molecular formula is C15H18N2O3. The van der Waals surface area contributed by atoms with Crippen LogP contribution in [0.5, 0.6) is 5.75 Å². The maximum Gasteiger partial charge on any atom is 0.133 e. The van der Waals surface area contributed by atoms with Crippen molar-refractivity contribution in [2.24, 2.45) is 0 Å². The third kappa shape index (κ3) is 2.55. The number of fused-ring (bicyclic) bond motifs is 1. The van der Waals surface area contributed by atoms with Gasteiger partial charge in [0.15, 0.2) is 0 Å². The first-order chi connectivity index (χ1) is 9.70. The summed E-state index contributed by atoms with van der Waals surface area (Å²) in [6.45, 7) is 1.42. The number of nitrogens with one attached hydrogen (secondary N) is 1. The molecular weight excluding hydrogens is 256 g/mol. The summed E-state index contributed by atoms with van der Waals surface area (Å²) in [6, 6.07) is 7.79. The van der Waals surface area contributed by atoms with Crippen LogP contribution in [0.25, 0.3) is 10.8 Å². The van der Waals surface area contributed by atoms with E-state index in [1.807, 2.05) is 24.3 Å². The van der Waals surface area contributed by atoms with E-state index < -0.39 is 5.60 Å². The fourth-order valence-electron chi connectivity index (χ4n) is 2.41. The van der Waals surface area contributed by atoms with Gasteiger partial charge in [0, 0.05) is 31.2 Å². The Morgan fingerprint density at radius 1 is 1.45 bits per heavy atom. The number of hydrogen-bond donors (Lipinski definition) is 2. The maximum absolute atomic E-state index is 10.3. The molecule has 3 rings (SSSR count). The van der Waals surface area contributed by atoms with Gasteiger partial charge in [0.2, 0.25) is 0 Å². The number of aromatic nitrogens is 1. The molecule has 2 N–H and O–H groups in total. The summed E-state index contributed by atoms with van der Waals surface area (Å²) in [7, 11) is 1.65. The van der Waals surface area contributed by atoms with Crippen molar-refractivity contribution >= 4 is 16.6 Å². The van der Waals surface area contributed by atoms with Gasteiger partial charge in [0.1, 0.15) is 17.2 Å². The summed E-state index contributed by atoms with van der Waals surface area (Å²) >= 11 is 0. The van der Waals surface area contributed by atoms with Gasteiger partial charge in [-0.05, 0) is 29.7 Å². The zero-order valence-electron chi connectivity index (χ0n) is 11.4. The third-order valence-corrected chi connectivity index (χ3v) is 3.64. The molecule has 1 aromatic heterocycles. The summed E-state index contributed by atoms with van der Waals surface area (Å²) in [4.78, 5) is 4.35. The zero-order chi connectivity index (χ0) is 14.0. The number of nitrogens with zero attached hydrogens (tertiary/aromatic N) is 1. The number of aliphatic hydroxyl groups is 1. The Morgan fingerprint density at radius 2 is 2.35 bits per heavy atom. The van der Waals surface area contributed by atoms with Gasteiger partial charge in [-0.15, -0.1) is 0 Å². The second-order valence-electron chi connectivity index (χ2n) is 5.13. The molecule has 1 aromatic carbocycles. The minimum absolute atomic E-state index is 0.374. The van der Waals surface area contributed by atoms with Crippen molar-refractivity contribution in [2.75, 3.05) is 32.2 Å². The van der Waals surface area contributed by atoms with Crippen LogP contribution < -0.4 is 10.1 Å². The summed E-state index contributed by atoms with van der Waals surface area (Å²) in [6.07, 6.45) is 2.40. The normalized spacial score (nSPS) is 22.1. The van der Waals surface area contributed by atoms with E-state index in [1.54, 1.807) is 13.3 Å². The quantitative estimate of drug-likeness (QED) is 0.890. The smallest absolute Gasteiger partial charge is 0.133 e. The largest absolute Gasteiger partial charge is 0.497 e. The van der Waals surface area contributed by atoms with Crippen LogP contribution in [0.3, 0.4) is 0 Å². The van der Waals surface area contributed by atoms with Gasteiger partial charge in [0.25, 0.3) is 0 Å². The maximum atomic E-state index is 10.3. The van der Waals surface area contributed by atoms with Crippen LogP contribution in [0.15, 0.2) is 30.5 Å². The third-order valence-electron chi connectivity index (χ3n) is 3.64. The Kier molecular flexibility index (Phi) is 3.46. The van der Waals surface area contributed by atoms with Crippen molar-refractivity contribution < 1.29 is 14.6 Å².